The van der Waals surface area contributed by atoms with E-state index in [1.54, 1.807) is 0 Å². The van der Waals surface area contributed by atoms with Gasteiger partial charge in [-0.3, -0.25) is 0 Å². The molecule has 0 bridgehead atoms. The monoisotopic (exact) mass is 219 g/mol. The number of benzene rings is 1. The van der Waals surface area contributed by atoms with E-state index in [2.05, 4.69) is 43.9 Å². The number of dihydropyridines is 1. The van der Waals surface area contributed by atoms with Crippen molar-refractivity contribution >= 4 is 12.6 Å². The van der Waals surface area contributed by atoms with Crippen molar-refractivity contribution in [3.63, 3.8) is 0 Å². The Kier molecular flexibility index (Phi) is 5.05. The maximum absolute atomic E-state index is 4.13. The Balaban J connectivity index is 0.000000151. The molecule has 2 heteroatoms. The Hall–Kier alpha value is -1.15. The lowest BCUT2D eigenvalue weighted by Gasteiger charge is -2.00. The third-order valence-electron chi connectivity index (χ3n) is 2.04. The van der Waals surface area contributed by atoms with E-state index in [1.807, 2.05) is 30.5 Å². The van der Waals surface area contributed by atoms with Gasteiger partial charge < -0.3 is 5.32 Å². The first-order valence-electron chi connectivity index (χ1n) is 5.01. The first kappa shape index (κ1) is 11.9. The summed E-state index contributed by atoms with van der Waals surface area (Å²) in [5.74, 6) is 0. The fourth-order valence-electron chi connectivity index (χ4n) is 1.09. The highest BCUT2D eigenvalue weighted by Crippen LogP contribution is 2.05. The normalized spacial score (nSPS) is 13.4. The standard InChI is InChI=1S/C7H8S.C6H9N/c1-6-2-4-7(8)5-3-6;1-6-2-4-7-5-3-6/h2-5,8H,1H3;2-4,7H,5H2,1H3. The third-order valence-corrected chi connectivity index (χ3v) is 2.34. The van der Waals surface area contributed by atoms with Crippen LogP contribution in [0.2, 0.25) is 0 Å². The third kappa shape index (κ3) is 5.33. The van der Waals surface area contributed by atoms with Crippen molar-refractivity contribution in [1.29, 1.82) is 0 Å². The molecule has 15 heavy (non-hydrogen) atoms. The quantitative estimate of drug-likeness (QED) is 0.638. The van der Waals surface area contributed by atoms with E-state index < -0.39 is 0 Å². The van der Waals surface area contributed by atoms with Crippen molar-refractivity contribution in [2.75, 3.05) is 6.54 Å². The Bertz CT molecular complexity index is 328. The number of hydrogen-bond acceptors (Lipinski definition) is 2. The maximum Gasteiger partial charge on any atom is 0.0330 e. The summed E-state index contributed by atoms with van der Waals surface area (Å²) in [6.07, 6.45) is 6.18. The zero-order valence-electron chi connectivity index (χ0n) is 9.20. The maximum atomic E-state index is 4.13. The van der Waals surface area contributed by atoms with Crippen LogP contribution in [0.15, 0.2) is 53.1 Å². The number of hydrogen-bond donors (Lipinski definition) is 2. The van der Waals surface area contributed by atoms with E-state index in [4.69, 9.17) is 0 Å². The zero-order valence-corrected chi connectivity index (χ0v) is 10.1. The molecular formula is C13H17NS. The smallest absolute Gasteiger partial charge is 0.0330 e. The van der Waals surface area contributed by atoms with E-state index in [1.165, 1.54) is 11.1 Å². The highest BCUT2D eigenvalue weighted by Gasteiger charge is 1.84. The van der Waals surface area contributed by atoms with Crippen LogP contribution in [-0.2, 0) is 0 Å². The van der Waals surface area contributed by atoms with Gasteiger partial charge in [0.25, 0.3) is 0 Å². The summed E-state index contributed by atoms with van der Waals surface area (Å²) in [4.78, 5) is 1.02. The average Bonchev–Trinajstić information content (AvgIpc) is 2.25. The molecule has 0 aliphatic carbocycles. The predicted octanol–water partition coefficient (Wildman–Crippen LogP) is 3.33. The van der Waals surface area contributed by atoms with Gasteiger partial charge in [-0.1, -0.05) is 29.3 Å². The minimum atomic E-state index is 0.988. The second-order valence-corrected chi connectivity index (χ2v) is 4.04. The van der Waals surface area contributed by atoms with E-state index in [9.17, 15) is 0 Å². The lowest BCUT2D eigenvalue weighted by molar-refractivity contribution is 0.958. The minimum absolute atomic E-state index is 0.988. The summed E-state index contributed by atoms with van der Waals surface area (Å²) in [6, 6.07) is 8.06. The molecule has 0 amide bonds. The molecule has 1 aliphatic heterocycles. The average molecular weight is 219 g/mol. The summed E-state index contributed by atoms with van der Waals surface area (Å²) < 4.78 is 0. The molecule has 1 nitrogen and oxygen atoms in total. The largest absolute Gasteiger partial charge is 0.387 e. The molecule has 0 aromatic heterocycles. The molecule has 1 aromatic carbocycles. The number of thiol groups is 1. The van der Waals surface area contributed by atoms with Gasteiger partial charge in [-0.05, 0) is 38.3 Å². The van der Waals surface area contributed by atoms with Gasteiger partial charge in [0.05, 0.1) is 0 Å². The van der Waals surface area contributed by atoms with Crippen molar-refractivity contribution < 1.29 is 0 Å². The second kappa shape index (κ2) is 6.36. The van der Waals surface area contributed by atoms with Gasteiger partial charge in [0.2, 0.25) is 0 Å². The van der Waals surface area contributed by atoms with Crippen LogP contribution in [0.25, 0.3) is 0 Å². The van der Waals surface area contributed by atoms with E-state index in [0.29, 0.717) is 0 Å². The van der Waals surface area contributed by atoms with Crippen LogP contribution in [-0.4, -0.2) is 6.54 Å². The highest BCUT2D eigenvalue weighted by atomic mass is 32.1. The lowest BCUT2D eigenvalue weighted by atomic mass is 10.2. The van der Waals surface area contributed by atoms with Crippen LogP contribution < -0.4 is 5.32 Å². The van der Waals surface area contributed by atoms with Gasteiger partial charge >= 0.3 is 0 Å². The van der Waals surface area contributed by atoms with E-state index in [-0.39, 0.29) is 0 Å². The van der Waals surface area contributed by atoms with Crippen LogP contribution in [0.4, 0.5) is 0 Å². The lowest BCUT2D eigenvalue weighted by Crippen LogP contribution is -2.07. The summed E-state index contributed by atoms with van der Waals surface area (Å²) in [6.45, 7) is 5.15. The van der Waals surface area contributed by atoms with Gasteiger partial charge in [-0.25, -0.2) is 0 Å². The van der Waals surface area contributed by atoms with E-state index >= 15 is 0 Å². The second-order valence-electron chi connectivity index (χ2n) is 3.53. The summed E-state index contributed by atoms with van der Waals surface area (Å²) in [5, 5.41) is 3.06. The summed E-state index contributed by atoms with van der Waals surface area (Å²) in [7, 11) is 0. The molecule has 1 N–H and O–H groups in total. The van der Waals surface area contributed by atoms with Gasteiger partial charge in [0, 0.05) is 11.4 Å². The molecular weight excluding hydrogens is 202 g/mol. The topological polar surface area (TPSA) is 12.0 Å². The van der Waals surface area contributed by atoms with Crippen molar-refractivity contribution in [3.05, 3.63) is 53.8 Å². The number of aryl methyl sites for hydroxylation is 1. The van der Waals surface area contributed by atoms with Crippen molar-refractivity contribution in [3.8, 4) is 0 Å². The summed E-state index contributed by atoms with van der Waals surface area (Å²) in [5.41, 5.74) is 2.63. The molecule has 1 aromatic rings. The minimum Gasteiger partial charge on any atom is -0.387 e. The molecule has 0 saturated carbocycles. The number of nitrogens with one attached hydrogen (secondary N) is 1. The molecule has 0 fully saturated rings. The Morgan fingerprint density at radius 2 is 1.80 bits per heavy atom. The molecule has 1 heterocycles. The van der Waals surface area contributed by atoms with Crippen molar-refractivity contribution in [1.82, 2.24) is 5.32 Å². The molecule has 0 unspecified atom stereocenters. The van der Waals surface area contributed by atoms with Crippen LogP contribution in [0.1, 0.15) is 12.5 Å². The molecule has 2 rings (SSSR count). The highest BCUT2D eigenvalue weighted by molar-refractivity contribution is 7.80. The molecule has 0 atom stereocenters. The molecule has 80 valence electrons. The summed E-state index contributed by atoms with van der Waals surface area (Å²) >= 11 is 4.13. The predicted molar refractivity (Wildman–Crippen MR) is 69.3 cm³/mol. The van der Waals surface area contributed by atoms with Crippen molar-refractivity contribution in [2.24, 2.45) is 0 Å². The van der Waals surface area contributed by atoms with Crippen molar-refractivity contribution in [2.45, 2.75) is 18.7 Å². The van der Waals surface area contributed by atoms with Crippen LogP contribution in [0.3, 0.4) is 0 Å². The molecule has 1 aliphatic rings. The number of rotatable bonds is 0. The fraction of sp³-hybridized carbons (Fsp3) is 0.231. The Labute approximate surface area is 97.3 Å². The van der Waals surface area contributed by atoms with Crippen LogP contribution in [0.5, 0.6) is 0 Å². The van der Waals surface area contributed by atoms with E-state index in [0.717, 1.165) is 11.4 Å². The van der Waals surface area contributed by atoms with Gasteiger partial charge in [0.15, 0.2) is 0 Å². The van der Waals surface area contributed by atoms with Gasteiger partial charge in [0.1, 0.15) is 0 Å². The van der Waals surface area contributed by atoms with Gasteiger partial charge in [-0.2, -0.15) is 0 Å². The number of allylic oxidation sites excluding steroid dienone is 2. The first-order valence-corrected chi connectivity index (χ1v) is 5.45. The SMILES string of the molecule is CC1=CCNC=C1.Cc1ccc(S)cc1. The van der Waals surface area contributed by atoms with Gasteiger partial charge in [-0.15, -0.1) is 12.6 Å². The molecule has 0 saturated heterocycles. The van der Waals surface area contributed by atoms with Crippen LogP contribution in [0, 0.1) is 6.92 Å². The molecule has 0 radical (unpaired) electrons. The van der Waals surface area contributed by atoms with Crippen LogP contribution >= 0.6 is 12.6 Å². The molecule has 0 spiro atoms. The Morgan fingerprint density at radius 3 is 2.13 bits per heavy atom. The zero-order chi connectivity index (χ0) is 11.1. The fourth-order valence-corrected chi connectivity index (χ4v) is 1.24. The Morgan fingerprint density at radius 1 is 1.13 bits per heavy atom. The first-order chi connectivity index (χ1) is 7.18.